The Labute approximate surface area is 149 Å². The molecule has 4 heteroatoms. The van der Waals surface area contributed by atoms with Gasteiger partial charge in [-0.05, 0) is 55.7 Å². The summed E-state index contributed by atoms with van der Waals surface area (Å²) in [6.07, 6.45) is 1.11. The van der Waals surface area contributed by atoms with Crippen molar-refractivity contribution in [1.29, 1.82) is 0 Å². The molecular formula is C20H26ClNO2. The highest BCUT2D eigenvalue weighted by atomic mass is 35.5. The fraction of sp³-hybridized carbons (Fsp3) is 0.400. The lowest BCUT2D eigenvalue weighted by Gasteiger charge is -2.15. The quantitative estimate of drug-likeness (QED) is 0.675. The van der Waals surface area contributed by atoms with Gasteiger partial charge in [0.2, 0.25) is 0 Å². The van der Waals surface area contributed by atoms with Gasteiger partial charge in [-0.25, -0.2) is 0 Å². The van der Waals surface area contributed by atoms with E-state index in [9.17, 15) is 0 Å². The zero-order valence-electron chi connectivity index (χ0n) is 14.6. The first-order chi connectivity index (χ1) is 11.6. The van der Waals surface area contributed by atoms with E-state index in [1.165, 1.54) is 5.56 Å². The van der Waals surface area contributed by atoms with Crippen LogP contribution in [0.5, 0.6) is 11.5 Å². The van der Waals surface area contributed by atoms with Gasteiger partial charge in [0.15, 0.2) is 11.5 Å². The van der Waals surface area contributed by atoms with E-state index in [2.05, 4.69) is 31.3 Å². The van der Waals surface area contributed by atoms with Crippen LogP contribution in [0.2, 0.25) is 5.02 Å². The standard InChI is InChI=1S/C20H26ClNO2/c1-4-15(3)22-13-17-8-11-19(20(12-17)23-5-2)24-14-16-6-9-18(21)10-7-16/h6-12,15,22H,4-5,13-14H2,1-3H3/t15-/m1/s1. The van der Waals surface area contributed by atoms with Gasteiger partial charge in [0.25, 0.3) is 0 Å². The molecule has 0 spiro atoms. The third-order valence-electron chi connectivity index (χ3n) is 3.88. The molecule has 0 aromatic heterocycles. The molecule has 0 unspecified atom stereocenters. The summed E-state index contributed by atoms with van der Waals surface area (Å²) in [5.74, 6) is 1.55. The lowest BCUT2D eigenvalue weighted by atomic mass is 10.1. The Kier molecular flexibility index (Phi) is 7.41. The highest BCUT2D eigenvalue weighted by Gasteiger charge is 2.08. The molecule has 1 N–H and O–H groups in total. The molecule has 0 heterocycles. The number of ether oxygens (including phenoxy) is 2. The molecule has 1 atom stereocenters. The molecule has 0 amide bonds. The van der Waals surface area contributed by atoms with Gasteiger partial charge in [-0.2, -0.15) is 0 Å². The zero-order valence-corrected chi connectivity index (χ0v) is 15.4. The van der Waals surface area contributed by atoms with Gasteiger partial charge in [0.1, 0.15) is 6.61 Å². The Morgan fingerprint density at radius 1 is 0.958 bits per heavy atom. The molecule has 130 valence electrons. The van der Waals surface area contributed by atoms with Gasteiger partial charge >= 0.3 is 0 Å². The van der Waals surface area contributed by atoms with Crippen LogP contribution >= 0.6 is 11.6 Å². The molecule has 3 nitrogen and oxygen atoms in total. The molecular weight excluding hydrogens is 322 g/mol. The molecule has 0 aliphatic carbocycles. The molecule has 0 aliphatic heterocycles. The molecule has 0 fully saturated rings. The highest BCUT2D eigenvalue weighted by Crippen LogP contribution is 2.29. The van der Waals surface area contributed by atoms with E-state index >= 15 is 0 Å². The van der Waals surface area contributed by atoms with Gasteiger partial charge in [0, 0.05) is 17.6 Å². The maximum absolute atomic E-state index is 5.93. The van der Waals surface area contributed by atoms with Gasteiger partial charge in [0.05, 0.1) is 6.61 Å². The molecule has 2 aromatic rings. The van der Waals surface area contributed by atoms with Crippen LogP contribution in [-0.4, -0.2) is 12.6 Å². The van der Waals surface area contributed by atoms with E-state index in [0.717, 1.165) is 35.1 Å². The van der Waals surface area contributed by atoms with Crippen molar-refractivity contribution in [2.24, 2.45) is 0 Å². The van der Waals surface area contributed by atoms with Crippen LogP contribution in [0.3, 0.4) is 0 Å². The lowest BCUT2D eigenvalue weighted by Crippen LogP contribution is -2.24. The Morgan fingerprint density at radius 2 is 1.67 bits per heavy atom. The van der Waals surface area contributed by atoms with E-state index in [1.54, 1.807) is 0 Å². The van der Waals surface area contributed by atoms with Gasteiger partial charge in [-0.15, -0.1) is 0 Å². The first-order valence-electron chi connectivity index (χ1n) is 8.48. The molecule has 0 saturated carbocycles. The van der Waals surface area contributed by atoms with E-state index in [-0.39, 0.29) is 0 Å². The summed E-state index contributed by atoms with van der Waals surface area (Å²) in [5.41, 5.74) is 2.27. The van der Waals surface area contributed by atoms with Crippen molar-refractivity contribution in [2.75, 3.05) is 6.61 Å². The van der Waals surface area contributed by atoms with Crippen LogP contribution in [0.4, 0.5) is 0 Å². The average Bonchev–Trinajstić information content (AvgIpc) is 2.60. The summed E-state index contributed by atoms with van der Waals surface area (Å²) in [7, 11) is 0. The number of hydrogen-bond acceptors (Lipinski definition) is 3. The third kappa shape index (κ3) is 5.73. The predicted octanol–water partition coefficient (Wildman–Crippen LogP) is 5.21. The number of halogens is 1. The molecule has 0 bridgehead atoms. The van der Waals surface area contributed by atoms with E-state index < -0.39 is 0 Å². The van der Waals surface area contributed by atoms with Crippen molar-refractivity contribution in [2.45, 2.75) is 46.4 Å². The summed E-state index contributed by atoms with van der Waals surface area (Å²) in [4.78, 5) is 0. The second-order valence-electron chi connectivity index (χ2n) is 5.82. The number of hydrogen-bond donors (Lipinski definition) is 1. The monoisotopic (exact) mass is 347 g/mol. The van der Waals surface area contributed by atoms with Gasteiger partial charge in [-0.1, -0.05) is 36.7 Å². The minimum atomic E-state index is 0.488. The van der Waals surface area contributed by atoms with Crippen molar-refractivity contribution < 1.29 is 9.47 Å². The zero-order chi connectivity index (χ0) is 17.4. The van der Waals surface area contributed by atoms with Crippen LogP contribution in [0.25, 0.3) is 0 Å². The van der Waals surface area contributed by atoms with Crippen molar-refractivity contribution in [3.63, 3.8) is 0 Å². The number of benzene rings is 2. The molecule has 0 saturated heterocycles. The van der Waals surface area contributed by atoms with Crippen molar-refractivity contribution >= 4 is 11.6 Å². The maximum atomic E-state index is 5.93. The van der Waals surface area contributed by atoms with Gasteiger partial charge < -0.3 is 14.8 Å². The summed E-state index contributed by atoms with van der Waals surface area (Å²) in [6, 6.07) is 14.3. The topological polar surface area (TPSA) is 30.5 Å². The molecule has 0 aliphatic rings. The molecule has 24 heavy (non-hydrogen) atoms. The fourth-order valence-corrected chi connectivity index (χ4v) is 2.35. The third-order valence-corrected chi connectivity index (χ3v) is 4.13. The SMILES string of the molecule is CCOc1cc(CN[C@H](C)CC)ccc1OCc1ccc(Cl)cc1. The lowest BCUT2D eigenvalue weighted by molar-refractivity contribution is 0.269. The average molecular weight is 348 g/mol. The Balaban J connectivity index is 2.03. The van der Waals surface area contributed by atoms with Crippen molar-refractivity contribution in [1.82, 2.24) is 5.32 Å². The normalized spacial score (nSPS) is 12.0. The summed E-state index contributed by atoms with van der Waals surface area (Å²) >= 11 is 5.91. The minimum Gasteiger partial charge on any atom is -0.490 e. The van der Waals surface area contributed by atoms with Crippen LogP contribution in [0.1, 0.15) is 38.3 Å². The van der Waals surface area contributed by atoms with Crippen LogP contribution in [-0.2, 0) is 13.2 Å². The van der Waals surface area contributed by atoms with Gasteiger partial charge in [-0.3, -0.25) is 0 Å². The second kappa shape index (κ2) is 9.55. The van der Waals surface area contributed by atoms with Crippen LogP contribution in [0.15, 0.2) is 42.5 Å². The summed E-state index contributed by atoms with van der Waals surface area (Å²) < 4.78 is 11.7. The number of rotatable bonds is 9. The number of nitrogens with one attached hydrogen (secondary N) is 1. The second-order valence-corrected chi connectivity index (χ2v) is 6.26. The Bertz CT molecular complexity index is 628. The smallest absolute Gasteiger partial charge is 0.161 e. The fourth-order valence-electron chi connectivity index (χ4n) is 2.23. The predicted molar refractivity (Wildman–Crippen MR) is 100.0 cm³/mol. The Morgan fingerprint density at radius 3 is 2.33 bits per heavy atom. The highest BCUT2D eigenvalue weighted by molar-refractivity contribution is 6.30. The summed E-state index contributed by atoms with van der Waals surface area (Å²) in [6.45, 7) is 8.27. The molecule has 0 radical (unpaired) electrons. The first-order valence-corrected chi connectivity index (χ1v) is 8.86. The Hall–Kier alpha value is -1.71. The van der Waals surface area contributed by atoms with Crippen molar-refractivity contribution in [3.05, 3.63) is 58.6 Å². The van der Waals surface area contributed by atoms with Crippen molar-refractivity contribution in [3.8, 4) is 11.5 Å². The van der Waals surface area contributed by atoms with E-state index in [0.29, 0.717) is 19.3 Å². The largest absolute Gasteiger partial charge is 0.490 e. The first kappa shape index (κ1) is 18.6. The minimum absolute atomic E-state index is 0.488. The van der Waals surface area contributed by atoms with E-state index in [1.807, 2.05) is 37.3 Å². The van der Waals surface area contributed by atoms with Crippen LogP contribution in [0, 0.1) is 0 Å². The summed E-state index contributed by atoms with van der Waals surface area (Å²) in [5, 5.41) is 4.22. The molecule has 2 aromatic carbocycles. The van der Waals surface area contributed by atoms with E-state index in [4.69, 9.17) is 21.1 Å². The maximum Gasteiger partial charge on any atom is 0.161 e. The molecule has 2 rings (SSSR count). The van der Waals surface area contributed by atoms with Crippen LogP contribution < -0.4 is 14.8 Å².